The van der Waals surface area contributed by atoms with Crippen molar-refractivity contribution in [2.45, 2.75) is 83.7 Å². The van der Waals surface area contributed by atoms with E-state index in [4.69, 9.17) is 0 Å². The molecule has 0 aromatic carbocycles. The fraction of sp³-hybridized carbons (Fsp3) is 1.00. The Morgan fingerprint density at radius 1 is 0.900 bits per heavy atom. The van der Waals surface area contributed by atoms with E-state index in [9.17, 15) is 18.1 Å². The van der Waals surface area contributed by atoms with E-state index in [1.54, 1.807) is 0 Å². The van der Waals surface area contributed by atoms with Crippen LogP contribution in [0.25, 0.3) is 0 Å². The molecule has 0 bridgehead atoms. The van der Waals surface area contributed by atoms with E-state index in [1.165, 1.54) is 32.1 Å². The van der Waals surface area contributed by atoms with Crippen LogP contribution in [0.1, 0.15) is 77.6 Å². The molecule has 20 heavy (non-hydrogen) atoms. The second-order valence-corrected chi connectivity index (χ2v) is 6.85. The summed E-state index contributed by atoms with van der Waals surface area (Å²) in [5, 5.41) is 9.69. The minimum atomic E-state index is -4.09. The van der Waals surface area contributed by atoms with Gasteiger partial charge >= 0.3 is 51.4 Å². The number of hydrogen-bond acceptors (Lipinski definition) is 4. The smallest absolute Gasteiger partial charge is 0.748 e. The van der Waals surface area contributed by atoms with Crippen LogP contribution in [0.5, 0.6) is 0 Å². The normalized spacial score (nSPS) is 12.9. The van der Waals surface area contributed by atoms with Crippen LogP contribution in [0.15, 0.2) is 0 Å². The fourth-order valence-electron chi connectivity index (χ4n) is 2.14. The third-order valence-electron chi connectivity index (χ3n) is 3.32. The van der Waals surface area contributed by atoms with Crippen LogP contribution >= 0.6 is 0 Å². The monoisotopic (exact) mass is 332 g/mol. The molecule has 0 saturated heterocycles. The van der Waals surface area contributed by atoms with Crippen molar-refractivity contribution in [2.24, 2.45) is 0 Å². The van der Waals surface area contributed by atoms with E-state index in [2.05, 4.69) is 6.92 Å². The maximum Gasteiger partial charge on any atom is 1.00 e. The first-order chi connectivity index (χ1) is 8.95. The van der Waals surface area contributed by atoms with Crippen molar-refractivity contribution in [1.82, 2.24) is 0 Å². The van der Waals surface area contributed by atoms with Gasteiger partial charge in [-0.2, -0.15) is 0 Å². The third kappa shape index (κ3) is 19.5. The van der Waals surface area contributed by atoms with Gasteiger partial charge in [0.1, 0.15) is 0 Å². The third-order valence-corrected chi connectivity index (χ3v) is 4.11. The largest absolute Gasteiger partial charge is 1.00 e. The van der Waals surface area contributed by atoms with Crippen molar-refractivity contribution in [2.75, 3.05) is 5.75 Å². The quantitative estimate of drug-likeness (QED) is 0.297. The summed E-state index contributed by atoms with van der Waals surface area (Å²) in [4.78, 5) is 0. The molecule has 0 fully saturated rings. The molecule has 0 aliphatic heterocycles. The second-order valence-electron chi connectivity index (χ2n) is 5.32. The molecule has 0 aromatic heterocycles. The van der Waals surface area contributed by atoms with Crippen LogP contribution in [0.2, 0.25) is 0 Å². The SMILES string of the molecule is CCCCCCCCCC(O)CCCCS(=O)(=O)[O-].[K+]. The summed E-state index contributed by atoms with van der Waals surface area (Å²) in [6, 6.07) is 0. The van der Waals surface area contributed by atoms with E-state index >= 15 is 0 Å². The zero-order valence-corrected chi connectivity index (χ0v) is 17.1. The molecule has 1 unspecified atom stereocenters. The minimum Gasteiger partial charge on any atom is -0.748 e. The van der Waals surface area contributed by atoms with Crippen molar-refractivity contribution in [3.63, 3.8) is 0 Å². The van der Waals surface area contributed by atoms with Crippen molar-refractivity contribution in [1.29, 1.82) is 0 Å². The van der Waals surface area contributed by atoms with Crippen LogP contribution in [-0.2, 0) is 10.1 Å². The van der Waals surface area contributed by atoms with Gasteiger partial charge in [-0.25, -0.2) is 8.42 Å². The Balaban J connectivity index is 0. The zero-order valence-electron chi connectivity index (χ0n) is 13.1. The number of hydrogen-bond donors (Lipinski definition) is 1. The molecule has 0 aromatic rings. The van der Waals surface area contributed by atoms with Crippen LogP contribution < -0.4 is 51.4 Å². The Morgan fingerprint density at radius 2 is 1.35 bits per heavy atom. The second kappa shape index (κ2) is 15.4. The maximum atomic E-state index is 10.4. The molecule has 0 heterocycles. The van der Waals surface area contributed by atoms with Gasteiger partial charge in [-0.1, -0.05) is 51.9 Å². The molecular weight excluding hydrogens is 303 g/mol. The number of aliphatic hydroxyl groups excluding tert-OH is 1. The summed E-state index contributed by atoms with van der Waals surface area (Å²) in [7, 11) is -4.09. The first-order valence-electron chi connectivity index (χ1n) is 7.57. The average molecular weight is 333 g/mol. The summed E-state index contributed by atoms with van der Waals surface area (Å²) in [5.41, 5.74) is 0. The molecule has 0 rings (SSSR count). The van der Waals surface area contributed by atoms with Crippen molar-refractivity contribution < 1.29 is 69.5 Å². The van der Waals surface area contributed by atoms with E-state index in [-0.39, 0.29) is 63.2 Å². The summed E-state index contributed by atoms with van der Waals surface area (Å²) in [6.07, 6.45) is 10.6. The first-order valence-corrected chi connectivity index (χ1v) is 9.15. The molecule has 4 nitrogen and oxygen atoms in total. The summed E-state index contributed by atoms with van der Waals surface area (Å²) < 4.78 is 31.1. The molecule has 0 amide bonds. The van der Waals surface area contributed by atoms with E-state index in [0.29, 0.717) is 19.3 Å². The van der Waals surface area contributed by atoms with Gasteiger partial charge in [-0.05, 0) is 25.7 Å². The van der Waals surface area contributed by atoms with Gasteiger partial charge in [0.2, 0.25) is 0 Å². The molecule has 0 spiro atoms. The van der Waals surface area contributed by atoms with Gasteiger partial charge in [0.25, 0.3) is 0 Å². The fourth-order valence-corrected chi connectivity index (χ4v) is 2.70. The Morgan fingerprint density at radius 3 is 1.85 bits per heavy atom. The Labute approximate surface area is 167 Å². The summed E-state index contributed by atoms with van der Waals surface area (Å²) >= 11 is 0. The predicted octanol–water partition coefficient (Wildman–Crippen LogP) is 0.208. The topological polar surface area (TPSA) is 77.4 Å². The van der Waals surface area contributed by atoms with Crippen LogP contribution in [0.4, 0.5) is 0 Å². The molecule has 6 heteroatoms. The number of aliphatic hydroxyl groups is 1. The Hall–Kier alpha value is 1.51. The number of rotatable bonds is 13. The molecule has 1 atom stereocenters. The number of unbranched alkanes of at least 4 members (excludes halogenated alkanes) is 7. The molecule has 116 valence electrons. The van der Waals surface area contributed by atoms with Crippen molar-refractivity contribution >= 4 is 10.1 Å². The molecule has 0 saturated carbocycles. The van der Waals surface area contributed by atoms with E-state index < -0.39 is 10.1 Å². The Kier molecular flexibility index (Phi) is 18.3. The van der Waals surface area contributed by atoms with Gasteiger partial charge in [0, 0.05) is 5.75 Å². The van der Waals surface area contributed by atoms with Crippen molar-refractivity contribution in [3.05, 3.63) is 0 Å². The van der Waals surface area contributed by atoms with Crippen LogP contribution in [-0.4, -0.2) is 29.9 Å². The molecule has 1 N–H and O–H groups in total. The van der Waals surface area contributed by atoms with Gasteiger partial charge < -0.3 is 9.66 Å². The van der Waals surface area contributed by atoms with Gasteiger partial charge in [0.15, 0.2) is 0 Å². The first kappa shape index (κ1) is 23.8. The van der Waals surface area contributed by atoms with Crippen molar-refractivity contribution in [3.8, 4) is 0 Å². The summed E-state index contributed by atoms with van der Waals surface area (Å²) in [6.45, 7) is 2.20. The standard InChI is InChI=1S/C14H30O4S.K/c1-2-3-4-5-6-7-8-11-14(15)12-9-10-13-19(16,17)18;/h14-15H,2-13H2,1H3,(H,16,17,18);/q;+1/p-1. The Bertz CT molecular complexity index is 294. The van der Waals surface area contributed by atoms with Crippen LogP contribution in [0.3, 0.4) is 0 Å². The zero-order chi connectivity index (χ0) is 14.6. The van der Waals surface area contributed by atoms with Gasteiger partial charge in [0.05, 0.1) is 16.2 Å². The van der Waals surface area contributed by atoms with Gasteiger partial charge in [-0.3, -0.25) is 0 Å². The predicted molar refractivity (Wildman–Crippen MR) is 77.0 cm³/mol. The average Bonchev–Trinajstić information content (AvgIpc) is 2.32. The molecule has 0 radical (unpaired) electrons. The molecule has 0 aliphatic rings. The maximum absolute atomic E-state index is 10.4. The summed E-state index contributed by atoms with van der Waals surface area (Å²) in [5.74, 6) is -0.308. The van der Waals surface area contributed by atoms with Gasteiger partial charge in [-0.15, -0.1) is 0 Å². The molecule has 0 aliphatic carbocycles. The van der Waals surface area contributed by atoms with E-state index in [1.807, 2.05) is 0 Å². The molecular formula is C14H29KO4S. The van der Waals surface area contributed by atoms with Crippen LogP contribution in [0, 0.1) is 0 Å². The minimum absolute atomic E-state index is 0. The van der Waals surface area contributed by atoms with E-state index in [0.717, 1.165) is 19.3 Å².